The highest BCUT2D eigenvalue weighted by atomic mass is 35.5. The van der Waals surface area contributed by atoms with Crippen LogP contribution in [-0.2, 0) is 0 Å². The van der Waals surface area contributed by atoms with Gasteiger partial charge >= 0.3 is 0 Å². The molecule has 0 saturated carbocycles. The van der Waals surface area contributed by atoms with Gasteiger partial charge in [-0.3, -0.25) is 0 Å². The van der Waals surface area contributed by atoms with Crippen molar-refractivity contribution in [1.29, 1.82) is 0 Å². The summed E-state index contributed by atoms with van der Waals surface area (Å²) in [6, 6.07) is 9.07. The molecule has 1 aromatic carbocycles. The predicted molar refractivity (Wildman–Crippen MR) is 46.2 cm³/mol. The second-order valence-electron chi connectivity index (χ2n) is 1.85. The molecule has 3 N–H and O–H groups in total. The molecule has 0 bridgehead atoms. The summed E-state index contributed by atoms with van der Waals surface area (Å²) in [6.45, 7) is 0. The lowest BCUT2D eigenvalue weighted by atomic mass is 10.2. The van der Waals surface area contributed by atoms with Crippen LogP contribution in [0.4, 0.5) is 0 Å². The summed E-state index contributed by atoms with van der Waals surface area (Å²) >= 11 is 0. The minimum absolute atomic E-state index is 0. The fourth-order valence-corrected chi connectivity index (χ4v) is 0.667. The second-order valence-corrected chi connectivity index (χ2v) is 1.85. The van der Waals surface area contributed by atoms with Crippen molar-refractivity contribution in [3.63, 3.8) is 0 Å². The van der Waals surface area contributed by atoms with Crippen molar-refractivity contribution in [1.82, 2.24) is 0 Å². The Kier molecular flexibility index (Phi) is 4.07. The number of hydrogen-bond donors (Lipinski definition) is 2. The highest BCUT2D eigenvalue weighted by Crippen LogP contribution is 1.96. The topological polar surface area (TPSA) is 58.6 Å². The van der Waals surface area contributed by atoms with E-state index in [0.29, 0.717) is 0 Å². The van der Waals surface area contributed by atoms with E-state index in [1.54, 1.807) is 12.1 Å². The summed E-state index contributed by atoms with van der Waals surface area (Å²) in [4.78, 5) is 0. The molecule has 11 heavy (non-hydrogen) atoms. The Morgan fingerprint density at radius 1 is 1.27 bits per heavy atom. The third kappa shape index (κ3) is 2.47. The Balaban J connectivity index is 0.000001000. The van der Waals surface area contributed by atoms with Crippen LogP contribution >= 0.6 is 12.4 Å². The van der Waals surface area contributed by atoms with Gasteiger partial charge in [0.15, 0.2) is 5.84 Å². The number of amidine groups is 1. The maximum Gasteiger partial charge on any atom is 0.170 e. The molecule has 0 saturated heterocycles. The lowest BCUT2D eigenvalue weighted by molar-refractivity contribution is 0.318. The summed E-state index contributed by atoms with van der Waals surface area (Å²) < 4.78 is 0. The zero-order valence-corrected chi connectivity index (χ0v) is 6.58. The first-order chi connectivity index (χ1) is 4.84. The Morgan fingerprint density at radius 3 is 2.27 bits per heavy atom. The van der Waals surface area contributed by atoms with Crippen molar-refractivity contribution in [3.8, 4) is 0 Å². The molecule has 4 heteroatoms. The predicted octanol–water partition coefficient (Wildman–Crippen LogP) is 1.20. The maximum absolute atomic E-state index is 8.25. The van der Waals surface area contributed by atoms with Crippen LogP contribution in [0.3, 0.4) is 0 Å². The van der Waals surface area contributed by atoms with Crippen LogP contribution in [-0.4, -0.2) is 11.0 Å². The fraction of sp³-hybridized carbons (Fsp3) is 0. The summed E-state index contributed by atoms with van der Waals surface area (Å²) in [7, 11) is 0. The quantitative estimate of drug-likeness (QED) is 0.290. The standard InChI is InChI=1S/C7H8N2O.ClH/c8-7(9-10)6-4-2-1-3-5-6;/h1-5,10H,(H2,8,9);1H. The summed E-state index contributed by atoms with van der Waals surface area (Å²) in [5.74, 6) is 0.139. The molecule has 0 aliphatic carbocycles. The lowest BCUT2D eigenvalue weighted by Gasteiger charge is -1.94. The molecule has 0 spiro atoms. The van der Waals surface area contributed by atoms with E-state index in [1.807, 2.05) is 18.2 Å². The number of rotatable bonds is 1. The molecule has 1 aromatic rings. The van der Waals surface area contributed by atoms with Crippen molar-refractivity contribution in [2.45, 2.75) is 0 Å². The van der Waals surface area contributed by atoms with Gasteiger partial charge in [-0.25, -0.2) is 0 Å². The Labute approximate surface area is 70.9 Å². The van der Waals surface area contributed by atoms with Crippen LogP contribution in [0.25, 0.3) is 0 Å². The van der Waals surface area contributed by atoms with Crippen LogP contribution < -0.4 is 5.73 Å². The zero-order chi connectivity index (χ0) is 7.40. The largest absolute Gasteiger partial charge is 0.409 e. The van der Waals surface area contributed by atoms with Crippen molar-refractivity contribution in [2.24, 2.45) is 10.9 Å². The molecule has 0 unspecified atom stereocenters. The maximum atomic E-state index is 8.25. The third-order valence-electron chi connectivity index (χ3n) is 1.18. The van der Waals surface area contributed by atoms with E-state index >= 15 is 0 Å². The van der Waals surface area contributed by atoms with Crippen molar-refractivity contribution < 1.29 is 5.21 Å². The van der Waals surface area contributed by atoms with Gasteiger partial charge in [-0.05, 0) is 0 Å². The summed E-state index contributed by atoms with van der Waals surface area (Å²) in [5, 5.41) is 11.1. The van der Waals surface area contributed by atoms with E-state index in [0.717, 1.165) is 5.56 Å². The molecule has 0 aliphatic rings. The Hall–Kier alpha value is -1.22. The fourth-order valence-electron chi connectivity index (χ4n) is 0.667. The smallest absolute Gasteiger partial charge is 0.170 e. The molecule has 0 atom stereocenters. The highest BCUT2D eigenvalue weighted by Gasteiger charge is 1.93. The zero-order valence-electron chi connectivity index (χ0n) is 5.77. The van der Waals surface area contributed by atoms with Crippen LogP contribution in [0, 0.1) is 0 Å². The molecule has 0 heterocycles. The van der Waals surface area contributed by atoms with Crippen molar-refractivity contribution in [2.75, 3.05) is 0 Å². The number of benzene rings is 1. The molecule has 0 fully saturated rings. The molecule has 0 aliphatic heterocycles. The van der Waals surface area contributed by atoms with Crippen LogP contribution in [0.15, 0.2) is 35.5 Å². The van der Waals surface area contributed by atoms with Crippen molar-refractivity contribution in [3.05, 3.63) is 35.9 Å². The van der Waals surface area contributed by atoms with Gasteiger partial charge in [0.1, 0.15) is 0 Å². The van der Waals surface area contributed by atoms with Gasteiger partial charge in [0, 0.05) is 5.56 Å². The Bertz CT molecular complexity index is 235. The molecule has 3 nitrogen and oxygen atoms in total. The van der Waals surface area contributed by atoms with Crippen LogP contribution in [0.5, 0.6) is 0 Å². The first kappa shape index (κ1) is 9.78. The van der Waals surface area contributed by atoms with E-state index < -0.39 is 0 Å². The number of oxime groups is 1. The number of nitrogens with zero attached hydrogens (tertiary/aromatic N) is 1. The number of nitrogens with two attached hydrogens (primary N) is 1. The first-order valence-corrected chi connectivity index (χ1v) is 2.87. The molecular formula is C7H9ClN2O. The number of hydrogen-bond acceptors (Lipinski definition) is 2. The van der Waals surface area contributed by atoms with E-state index in [4.69, 9.17) is 10.9 Å². The monoisotopic (exact) mass is 172 g/mol. The molecule has 0 amide bonds. The van der Waals surface area contributed by atoms with Gasteiger partial charge in [0.25, 0.3) is 0 Å². The van der Waals surface area contributed by atoms with Gasteiger partial charge in [-0.15, -0.1) is 12.4 Å². The Morgan fingerprint density at radius 2 is 1.82 bits per heavy atom. The normalized spacial score (nSPS) is 10.4. The highest BCUT2D eigenvalue weighted by molar-refractivity contribution is 5.96. The summed E-state index contributed by atoms with van der Waals surface area (Å²) in [5.41, 5.74) is 6.02. The molecule has 1 rings (SSSR count). The van der Waals surface area contributed by atoms with Gasteiger partial charge in [-0.1, -0.05) is 35.5 Å². The average molecular weight is 173 g/mol. The average Bonchev–Trinajstić information content (AvgIpc) is 2.05. The first-order valence-electron chi connectivity index (χ1n) is 2.87. The molecule has 60 valence electrons. The van der Waals surface area contributed by atoms with Gasteiger partial charge in [-0.2, -0.15) is 0 Å². The lowest BCUT2D eigenvalue weighted by Crippen LogP contribution is -2.12. The van der Waals surface area contributed by atoms with E-state index in [1.165, 1.54) is 0 Å². The van der Waals surface area contributed by atoms with E-state index in [-0.39, 0.29) is 18.2 Å². The van der Waals surface area contributed by atoms with Gasteiger partial charge < -0.3 is 10.9 Å². The van der Waals surface area contributed by atoms with Gasteiger partial charge in [0.2, 0.25) is 0 Å². The summed E-state index contributed by atoms with van der Waals surface area (Å²) in [6.07, 6.45) is 0. The molecule has 0 radical (unpaired) electrons. The van der Waals surface area contributed by atoms with Crippen LogP contribution in [0.1, 0.15) is 5.56 Å². The van der Waals surface area contributed by atoms with E-state index in [2.05, 4.69) is 5.16 Å². The minimum atomic E-state index is 0. The third-order valence-corrected chi connectivity index (χ3v) is 1.18. The molecule has 0 aromatic heterocycles. The molecular weight excluding hydrogens is 164 g/mol. The van der Waals surface area contributed by atoms with Gasteiger partial charge in [0.05, 0.1) is 0 Å². The SMILES string of the molecule is Cl.N/C(=N\O)c1ccccc1. The number of halogens is 1. The van der Waals surface area contributed by atoms with Crippen LogP contribution in [0.2, 0.25) is 0 Å². The van der Waals surface area contributed by atoms with Crippen molar-refractivity contribution >= 4 is 18.2 Å². The van der Waals surface area contributed by atoms with E-state index in [9.17, 15) is 0 Å². The minimum Gasteiger partial charge on any atom is -0.409 e. The second kappa shape index (κ2) is 4.57.